The maximum Gasteiger partial charge on any atom is 0.338 e. The van der Waals surface area contributed by atoms with Gasteiger partial charge < -0.3 is 20.3 Å². The van der Waals surface area contributed by atoms with E-state index in [0.717, 1.165) is 11.3 Å². The van der Waals surface area contributed by atoms with Crippen molar-refractivity contribution in [2.24, 2.45) is 0 Å². The molecule has 10 heteroatoms. The van der Waals surface area contributed by atoms with Crippen molar-refractivity contribution < 1.29 is 19.2 Å². The lowest BCUT2D eigenvalue weighted by Gasteiger charge is -2.37. The number of hydrogen-bond acceptors (Lipinski definition) is 6. The molecule has 0 aliphatic carbocycles. The fourth-order valence-electron chi connectivity index (χ4n) is 3.74. The number of rotatable bonds is 8. The molecule has 3 rings (SSSR count). The molecule has 1 atom stereocenters. The van der Waals surface area contributed by atoms with Gasteiger partial charge in [-0.25, -0.2) is 4.79 Å². The van der Waals surface area contributed by atoms with Crippen LogP contribution in [0.5, 0.6) is 0 Å². The summed E-state index contributed by atoms with van der Waals surface area (Å²) < 4.78 is 5.30. The number of nitro benzene ring substituents is 1. The van der Waals surface area contributed by atoms with Crippen molar-refractivity contribution in [2.45, 2.75) is 26.8 Å². The number of anilines is 1. The van der Waals surface area contributed by atoms with Gasteiger partial charge in [0.05, 0.1) is 23.1 Å². The number of thiocarbonyl (C=S) groups is 1. The molecule has 2 N–H and O–H groups in total. The fraction of sp³-hybridized carbons (Fsp3) is 0.240. The molecule has 1 heterocycles. The van der Waals surface area contributed by atoms with E-state index in [1.54, 1.807) is 43.3 Å². The monoisotopic (exact) mass is 494 g/mol. The van der Waals surface area contributed by atoms with Crippen LogP contribution in [0.1, 0.15) is 37.9 Å². The van der Waals surface area contributed by atoms with Gasteiger partial charge in [-0.15, -0.1) is 0 Å². The lowest BCUT2D eigenvalue weighted by Crippen LogP contribution is -2.47. The van der Waals surface area contributed by atoms with Crippen LogP contribution in [0, 0.1) is 10.1 Å². The maximum absolute atomic E-state index is 12.8. The van der Waals surface area contributed by atoms with Crippen molar-refractivity contribution in [3.8, 4) is 0 Å². The van der Waals surface area contributed by atoms with Gasteiger partial charge in [-0.3, -0.25) is 14.9 Å². The number of carbonyl (C=O) groups excluding carboxylic acids is 2. The van der Waals surface area contributed by atoms with Crippen molar-refractivity contribution in [3.05, 3.63) is 87.1 Å². The van der Waals surface area contributed by atoms with Crippen LogP contribution in [0.15, 0.2) is 65.9 Å². The van der Waals surface area contributed by atoms with Gasteiger partial charge in [-0.2, -0.15) is 0 Å². The quantitative estimate of drug-likeness (QED) is 0.183. The molecule has 0 spiro atoms. The summed E-state index contributed by atoms with van der Waals surface area (Å²) in [5.41, 5.74) is 3.09. The van der Waals surface area contributed by atoms with Crippen molar-refractivity contribution in [1.29, 1.82) is 0 Å². The Bertz CT molecular complexity index is 1210. The van der Waals surface area contributed by atoms with Crippen LogP contribution in [-0.2, 0) is 14.3 Å². The number of nitrogens with one attached hydrogen (secondary N) is 2. The summed E-state index contributed by atoms with van der Waals surface area (Å²) in [5.74, 6) is -0.800. The van der Waals surface area contributed by atoms with Crippen molar-refractivity contribution >= 4 is 46.7 Å². The highest BCUT2D eigenvalue weighted by molar-refractivity contribution is 7.80. The highest BCUT2D eigenvalue weighted by Crippen LogP contribution is 2.32. The van der Waals surface area contributed by atoms with Crippen LogP contribution in [0.25, 0.3) is 6.08 Å². The largest absolute Gasteiger partial charge is 0.463 e. The van der Waals surface area contributed by atoms with Crippen LogP contribution in [-0.4, -0.2) is 40.0 Å². The number of non-ortho nitro benzene ring substituents is 1. The predicted octanol–water partition coefficient (Wildman–Crippen LogP) is 4.33. The van der Waals surface area contributed by atoms with Crippen LogP contribution in [0.4, 0.5) is 11.4 Å². The zero-order valence-corrected chi connectivity index (χ0v) is 20.4. The van der Waals surface area contributed by atoms with E-state index in [4.69, 9.17) is 17.0 Å². The summed E-state index contributed by atoms with van der Waals surface area (Å²) in [6, 6.07) is 12.5. The first-order valence-electron chi connectivity index (χ1n) is 11.0. The summed E-state index contributed by atoms with van der Waals surface area (Å²) >= 11 is 5.50. The Morgan fingerprint density at radius 1 is 1.23 bits per heavy atom. The number of amides is 1. The molecule has 0 saturated carbocycles. The minimum atomic E-state index is -0.531. The predicted molar refractivity (Wildman–Crippen MR) is 137 cm³/mol. The molecule has 9 nitrogen and oxygen atoms in total. The Balaban J connectivity index is 1.81. The summed E-state index contributed by atoms with van der Waals surface area (Å²) in [6.45, 7) is 6.38. The number of carbonyl (C=O) groups is 2. The number of benzene rings is 2. The highest BCUT2D eigenvalue weighted by atomic mass is 32.1. The molecule has 0 fully saturated rings. The lowest BCUT2D eigenvalue weighted by molar-refractivity contribution is -0.384. The Labute approximate surface area is 208 Å². The molecule has 1 aliphatic rings. The van der Waals surface area contributed by atoms with E-state index < -0.39 is 16.9 Å². The second-order valence-electron chi connectivity index (χ2n) is 7.64. The molecule has 0 saturated heterocycles. The third-order valence-corrected chi connectivity index (χ3v) is 5.76. The first kappa shape index (κ1) is 25.6. The number of esters is 1. The topological polar surface area (TPSA) is 114 Å². The zero-order chi connectivity index (χ0) is 25.5. The molecule has 1 amide bonds. The van der Waals surface area contributed by atoms with Crippen LogP contribution < -0.4 is 10.6 Å². The van der Waals surface area contributed by atoms with Crippen LogP contribution in [0.2, 0.25) is 0 Å². The number of nitrogens with zero attached hydrogens (tertiary/aromatic N) is 2. The minimum absolute atomic E-state index is 0.0206. The van der Waals surface area contributed by atoms with E-state index in [1.807, 2.05) is 24.8 Å². The van der Waals surface area contributed by atoms with Gasteiger partial charge in [0, 0.05) is 36.1 Å². The number of ether oxygens (including phenoxy) is 1. The van der Waals surface area contributed by atoms with Gasteiger partial charge in [0.15, 0.2) is 5.11 Å². The second-order valence-corrected chi connectivity index (χ2v) is 8.03. The Morgan fingerprint density at radius 3 is 2.57 bits per heavy atom. The standard InChI is InChI=1S/C25H26N4O5S/c1-4-28-16(3)22(24(31)34-5-2)23(27-25(28)35)18-7-6-8-19(15-18)26-21(30)14-11-17-9-12-20(13-10-17)29(32)33/h6-15,23H,4-5H2,1-3H3,(H,26,30)(H,27,35)/b14-11+. The summed E-state index contributed by atoms with van der Waals surface area (Å²) in [6.07, 6.45) is 2.91. The molecule has 1 aliphatic heterocycles. The summed E-state index contributed by atoms with van der Waals surface area (Å²) in [5, 5.41) is 17.3. The zero-order valence-electron chi connectivity index (χ0n) is 19.6. The van der Waals surface area contributed by atoms with E-state index in [0.29, 0.717) is 28.5 Å². The van der Waals surface area contributed by atoms with E-state index in [2.05, 4.69) is 10.6 Å². The molecule has 2 aromatic carbocycles. The summed E-state index contributed by atoms with van der Waals surface area (Å²) in [4.78, 5) is 37.4. The van der Waals surface area contributed by atoms with Gasteiger partial charge in [0.25, 0.3) is 5.69 Å². The number of hydrogen-bond donors (Lipinski definition) is 2. The second kappa shape index (κ2) is 11.4. The number of allylic oxidation sites excluding steroid dienone is 1. The Morgan fingerprint density at radius 2 is 1.94 bits per heavy atom. The molecular formula is C25H26N4O5S. The van der Waals surface area contributed by atoms with Crippen molar-refractivity contribution in [2.75, 3.05) is 18.5 Å². The maximum atomic E-state index is 12.8. The normalized spacial score (nSPS) is 15.7. The molecule has 0 radical (unpaired) electrons. The average Bonchev–Trinajstić information content (AvgIpc) is 2.83. The molecule has 182 valence electrons. The third kappa shape index (κ3) is 6.10. The first-order valence-corrected chi connectivity index (χ1v) is 11.4. The minimum Gasteiger partial charge on any atom is -0.463 e. The van der Waals surface area contributed by atoms with Gasteiger partial charge in [-0.05, 0) is 74.5 Å². The van der Waals surface area contributed by atoms with Gasteiger partial charge >= 0.3 is 5.97 Å². The van der Waals surface area contributed by atoms with Crippen molar-refractivity contribution in [3.63, 3.8) is 0 Å². The summed E-state index contributed by atoms with van der Waals surface area (Å²) in [7, 11) is 0. The fourth-order valence-corrected chi connectivity index (χ4v) is 4.13. The van der Waals surface area contributed by atoms with Crippen molar-refractivity contribution in [1.82, 2.24) is 10.2 Å². The Hall–Kier alpha value is -4.05. The number of nitro groups is 1. The van der Waals surface area contributed by atoms with E-state index in [-0.39, 0.29) is 18.2 Å². The highest BCUT2D eigenvalue weighted by Gasteiger charge is 2.34. The average molecular weight is 495 g/mol. The SMILES string of the molecule is CCOC(=O)C1=C(C)N(CC)C(=S)NC1c1cccc(NC(=O)/C=C/c2ccc([N+](=O)[O-])cc2)c1. The molecular weight excluding hydrogens is 468 g/mol. The molecule has 2 aromatic rings. The molecule has 0 aromatic heterocycles. The van der Waals surface area contributed by atoms with Gasteiger partial charge in [0.1, 0.15) is 0 Å². The van der Waals surface area contributed by atoms with Gasteiger partial charge in [0.2, 0.25) is 5.91 Å². The first-order chi connectivity index (χ1) is 16.7. The van der Waals surface area contributed by atoms with Crippen LogP contribution in [0.3, 0.4) is 0 Å². The van der Waals surface area contributed by atoms with E-state index >= 15 is 0 Å². The van der Waals surface area contributed by atoms with Gasteiger partial charge in [-0.1, -0.05) is 12.1 Å². The van der Waals surface area contributed by atoms with E-state index in [1.165, 1.54) is 18.2 Å². The molecule has 1 unspecified atom stereocenters. The Kier molecular flexibility index (Phi) is 8.32. The third-order valence-electron chi connectivity index (χ3n) is 5.43. The lowest BCUT2D eigenvalue weighted by atomic mass is 9.94. The smallest absolute Gasteiger partial charge is 0.338 e. The molecule has 35 heavy (non-hydrogen) atoms. The van der Waals surface area contributed by atoms with Crippen LogP contribution >= 0.6 is 12.2 Å². The van der Waals surface area contributed by atoms with E-state index in [9.17, 15) is 19.7 Å². The molecule has 0 bridgehead atoms.